The van der Waals surface area contributed by atoms with Crippen molar-refractivity contribution in [1.82, 2.24) is 20.0 Å². The van der Waals surface area contributed by atoms with Crippen LogP contribution in [0.1, 0.15) is 85.0 Å². The summed E-state index contributed by atoms with van der Waals surface area (Å²) in [5.41, 5.74) is 2.58. The van der Waals surface area contributed by atoms with Gasteiger partial charge in [0.25, 0.3) is 0 Å². The van der Waals surface area contributed by atoms with Crippen molar-refractivity contribution in [1.29, 1.82) is 0 Å². The molecule has 6 fully saturated rings. The van der Waals surface area contributed by atoms with Crippen LogP contribution >= 0.6 is 0 Å². The standard InChI is InChI=1S/C17H24N2O3.C12H16N2O/c1-15(2,3)22-14(20)19-10-4-13(18-19)21-11-5-12-16(6-7-16)17(12)8-9-17;1-7-13-14-10(1)15-8-2-9-11(3-4-11)12(9)5-6-12/h4,10,12H,5-9,11H2,1-3H3;1,7,9H,2-6,8H2,(H,13,14). The molecule has 0 saturated heterocycles. The number of hydrogen-bond acceptors (Lipinski definition) is 6. The van der Waals surface area contributed by atoms with Crippen molar-refractivity contribution in [2.75, 3.05) is 13.2 Å². The molecule has 6 saturated carbocycles. The number of rotatable bonds is 8. The predicted octanol–water partition coefficient (Wildman–Crippen LogP) is 5.99. The average molecular weight is 509 g/mol. The van der Waals surface area contributed by atoms with Crippen molar-refractivity contribution in [2.24, 2.45) is 33.5 Å². The zero-order valence-electron chi connectivity index (χ0n) is 22.4. The molecule has 0 radical (unpaired) electrons. The molecule has 4 spiro atoms. The highest BCUT2D eigenvalue weighted by atomic mass is 16.6. The molecule has 1 N–H and O–H groups in total. The average Bonchev–Trinajstić information content (AvgIpc) is 3.61. The van der Waals surface area contributed by atoms with Crippen LogP contribution in [0.4, 0.5) is 4.79 Å². The highest BCUT2D eigenvalue weighted by Crippen LogP contribution is 2.93. The van der Waals surface area contributed by atoms with Gasteiger partial charge in [-0.05, 0) is 118 Å². The van der Waals surface area contributed by atoms with Crippen molar-refractivity contribution in [3.8, 4) is 11.8 Å². The van der Waals surface area contributed by atoms with E-state index in [1.54, 1.807) is 18.5 Å². The number of fused-ring (bicyclic) bond motifs is 2. The lowest BCUT2D eigenvalue weighted by Gasteiger charge is -2.18. The van der Waals surface area contributed by atoms with E-state index in [-0.39, 0.29) is 0 Å². The molecule has 2 aromatic rings. The number of nitrogens with zero attached hydrogens (tertiary/aromatic N) is 3. The van der Waals surface area contributed by atoms with E-state index in [1.807, 2.05) is 26.8 Å². The second kappa shape index (κ2) is 7.76. The molecular formula is C29H40N4O4. The van der Waals surface area contributed by atoms with E-state index < -0.39 is 11.7 Å². The third-order valence-electron chi connectivity index (χ3n) is 10.6. The molecule has 0 aliphatic heterocycles. The zero-order chi connectivity index (χ0) is 25.5. The smallest absolute Gasteiger partial charge is 0.435 e. The van der Waals surface area contributed by atoms with Crippen LogP contribution in [0.2, 0.25) is 0 Å². The first-order chi connectivity index (χ1) is 17.7. The van der Waals surface area contributed by atoms with Crippen LogP contribution < -0.4 is 9.47 Å². The van der Waals surface area contributed by atoms with E-state index in [4.69, 9.17) is 14.2 Å². The first-order valence-electron chi connectivity index (χ1n) is 14.3. The largest absolute Gasteiger partial charge is 0.478 e. The number of hydrogen-bond donors (Lipinski definition) is 1. The topological polar surface area (TPSA) is 91.3 Å². The van der Waals surface area contributed by atoms with Crippen molar-refractivity contribution in [2.45, 2.75) is 90.6 Å². The lowest BCUT2D eigenvalue weighted by molar-refractivity contribution is 0.0511. The maximum atomic E-state index is 11.9. The van der Waals surface area contributed by atoms with Gasteiger partial charge in [-0.3, -0.25) is 0 Å². The van der Waals surface area contributed by atoms with Crippen LogP contribution in [-0.2, 0) is 4.74 Å². The van der Waals surface area contributed by atoms with Gasteiger partial charge in [-0.1, -0.05) is 0 Å². The van der Waals surface area contributed by atoms with E-state index in [0.29, 0.717) is 12.5 Å². The Morgan fingerprint density at radius 2 is 1.46 bits per heavy atom. The molecule has 200 valence electrons. The van der Waals surface area contributed by atoms with Crippen LogP contribution in [-0.4, -0.2) is 44.9 Å². The Kier molecular flexibility index (Phi) is 4.95. The SMILES string of the molecule is CC(C)(C)OC(=O)n1ccc(OCCC2C3(CC3)C23CC3)n1.c1cc(OCCC2C3(CC3)C23CC3)[nH]n1. The Hall–Kier alpha value is -2.51. The molecule has 0 amide bonds. The van der Waals surface area contributed by atoms with Crippen LogP contribution in [0.3, 0.4) is 0 Å². The minimum Gasteiger partial charge on any atom is -0.478 e. The number of H-pyrrole nitrogens is 1. The fourth-order valence-electron chi connectivity index (χ4n) is 8.40. The van der Waals surface area contributed by atoms with Gasteiger partial charge in [-0.25, -0.2) is 9.89 Å². The molecule has 37 heavy (non-hydrogen) atoms. The van der Waals surface area contributed by atoms with E-state index >= 15 is 0 Å². The molecule has 0 aromatic carbocycles. The minimum atomic E-state index is -0.521. The number of carbonyl (C=O) groups excluding carboxylic acids is 1. The molecule has 8 rings (SSSR count). The van der Waals surface area contributed by atoms with Gasteiger partial charge in [-0.15, -0.1) is 5.10 Å². The van der Waals surface area contributed by atoms with Crippen molar-refractivity contribution >= 4 is 6.09 Å². The van der Waals surface area contributed by atoms with Crippen LogP contribution in [0.25, 0.3) is 0 Å². The summed E-state index contributed by atoms with van der Waals surface area (Å²) in [6.07, 6.45) is 17.0. The summed E-state index contributed by atoms with van der Waals surface area (Å²) < 4.78 is 17.8. The Bertz CT molecular complexity index is 1130. The van der Waals surface area contributed by atoms with E-state index in [0.717, 1.165) is 52.4 Å². The quantitative estimate of drug-likeness (QED) is 0.471. The molecule has 6 aliphatic rings. The summed E-state index contributed by atoms with van der Waals surface area (Å²) in [4.78, 5) is 11.9. The molecule has 0 bridgehead atoms. The van der Waals surface area contributed by atoms with Crippen molar-refractivity contribution in [3.63, 3.8) is 0 Å². The van der Waals surface area contributed by atoms with Gasteiger partial charge in [0.1, 0.15) is 5.60 Å². The summed E-state index contributed by atoms with van der Waals surface area (Å²) in [6.45, 7) is 7.06. The lowest BCUT2D eigenvalue weighted by atomic mass is 10.2. The number of carbonyl (C=O) groups is 1. The monoisotopic (exact) mass is 508 g/mol. The number of ether oxygens (including phenoxy) is 3. The summed E-state index contributed by atoms with van der Waals surface area (Å²) >= 11 is 0. The van der Waals surface area contributed by atoms with Gasteiger partial charge in [0.05, 0.1) is 19.4 Å². The Labute approximate surface area is 218 Å². The summed E-state index contributed by atoms with van der Waals surface area (Å²) in [5, 5.41) is 10.8. The molecule has 6 aliphatic carbocycles. The third kappa shape index (κ3) is 3.88. The third-order valence-corrected chi connectivity index (χ3v) is 10.6. The second-order valence-corrected chi connectivity index (χ2v) is 13.5. The molecule has 8 heteroatoms. The van der Waals surface area contributed by atoms with Crippen LogP contribution in [0.5, 0.6) is 11.8 Å². The number of nitrogens with one attached hydrogen (secondary N) is 1. The predicted molar refractivity (Wildman–Crippen MR) is 136 cm³/mol. The number of aromatic nitrogens is 4. The normalized spacial score (nSPS) is 25.5. The molecule has 8 nitrogen and oxygen atoms in total. The first-order valence-corrected chi connectivity index (χ1v) is 14.3. The fourth-order valence-corrected chi connectivity index (χ4v) is 8.40. The van der Waals surface area contributed by atoms with E-state index in [1.165, 1.54) is 62.5 Å². The molecule has 2 heterocycles. The maximum Gasteiger partial charge on any atom is 0.435 e. The van der Waals surface area contributed by atoms with E-state index in [9.17, 15) is 4.79 Å². The maximum absolute atomic E-state index is 11.9. The zero-order valence-corrected chi connectivity index (χ0v) is 22.4. The summed E-state index contributed by atoms with van der Waals surface area (Å²) in [6, 6.07) is 3.60. The van der Waals surface area contributed by atoms with Crippen LogP contribution in [0, 0.1) is 33.5 Å². The Balaban J connectivity index is 0.000000134. The fraction of sp³-hybridized carbons (Fsp3) is 0.759. The molecule has 2 aromatic heterocycles. The van der Waals surface area contributed by atoms with Gasteiger partial charge in [-0.2, -0.15) is 9.78 Å². The molecule has 0 unspecified atom stereocenters. The molecular weight excluding hydrogens is 468 g/mol. The lowest BCUT2D eigenvalue weighted by Crippen LogP contribution is -2.27. The Morgan fingerprint density at radius 1 is 0.919 bits per heavy atom. The van der Waals surface area contributed by atoms with Gasteiger partial charge in [0.2, 0.25) is 11.8 Å². The van der Waals surface area contributed by atoms with Crippen molar-refractivity contribution in [3.05, 3.63) is 24.5 Å². The highest BCUT2D eigenvalue weighted by molar-refractivity contribution is 5.69. The highest BCUT2D eigenvalue weighted by Gasteiger charge is 2.86. The molecule has 0 atom stereocenters. The van der Waals surface area contributed by atoms with Gasteiger partial charge >= 0.3 is 6.09 Å². The second-order valence-electron chi connectivity index (χ2n) is 13.5. The Morgan fingerprint density at radius 3 is 1.92 bits per heavy atom. The van der Waals surface area contributed by atoms with Gasteiger partial charge in [0.15, 0.2) is 0 Å². The van der Waals surface area contributed by atoms with Gasteiger partial charge in [0, 0.05) is 18.3 Å². The van der Waals surface area contributed by atoms with E-state index in [2.05, 4.69) is 15.3 Å². The minimum absolute atomic E-state index is 0.474. The van der Waals surface area contributed by atoms with Gasteiger partial charge < -0.3 is 14.2 Å². The van der Waals surface area contributed by atoms with Crippen LogP contribution in [0.15, 0.2) is 24.5 Å². The first kappa shape index (κ1) is 23.6. The summed E-state index contributed by atoms with van der Waals surface area (Å²) in [7, 11) is 0. The summed E-state index contributed by atoms with van der Waals surface area (Å²) in [5.74, 6) is 3.19. The van der Waals surface area contributed by atoms with Crippen molar-refractivity contribution < 1.29 is 19.0 Å². The number of aromatic amines is 1.